The van der Waals surface area contributed by atoms with Crippen molar-refractivity contribution in [3.8, 4) is 0 Å². The molecule has 1 aromatic carbocycles. The van der Waals surface area contributed by atoms with Gasteiger partial charge in [-0.2, -0.15) is 4.98 Å². The molecule has 0 atom stereocenters. The van der Waals surface area contributed by atoms with E-state index in [-0.39, 0.29) is 12.4 Å². The summed E-state index contributed by atoms with van der Waals surface area (Å²) in [6.07, 6.45) is 2.75. The lowest BCUT2D eigenvalue weighted by molar-refractivity contribution is 0.361. The van der Waals surface area contributed by atoms with E-state index in [2.05, 4.69) is 10.1 Å². The molecule has 0 radical (unpaired) electrons. The van der Waals surface area contributed by atoms with Gasteiger partial charge in [-0.15, -0.1) is 0 Å². The van der Waals surface area contributed by atoms with Crippen LogP contribution in [-0.4, -0.2) is 19.3 Å². The molecule has 0 saturated heterocycles. The van der Waals surface area contributed by atoms with Gasteiger partial charge < -0.3 is 9.09 Å². The van der Waals surface area contributed by atoms with Gasteiger partial charge in [0.05, 0.1) is 0 Å². The standard InChI is InChI=1S/C16H15ClN4O3/c1-20-9-8-15(22)21(16(20)23)10-14-18-13(19-24-14)7-4-11-2-5-12(17)6-3-11/h2-3,5-6,8-9H,4,7,10H2,1H3. The van der Waals surface area contributed by atoms with Gasteiger partial charge in [0, 0.05) is 30.8 Å². The Morgan fingerprint density at radius 2 is 1.88 bits per heavy atom. The molecule has 0 N–H and O–H groups in total. The highest BCUT2D eigenvalue weighted by Crippen LogP contribution is 2.11. The largest absolute Gasteiger partial charge is 0.337 e. The van der Waals surface area contributed by atoms with Crippen molar-refractivity contribution < 1.29 is 4.52 Å². The highest BCUT2D eigenvalue weighted by molar-refractivity contribution is 6.30. The number of hydrogen-bond donors (Lipinski definition) is 0. The Balaban J connectivity index is 1.70. The maximum absolute atomic E-state index is 12.0. The molecule has 3 aromatic rings. The Morgan fingerprint density at radius 3 is 2.62 bits per heavy atom. The van der Waals surface area contributed by atoms with Crippen molar-refractivity contribution in [3.63, 3.8) is 0 Å². The highest BCUT2D eigenvalue weighted by atomic mass is 35.5. The third-order valence-electron chi connectivity index (χ3n) is 3.59. The van der Waals surface area contributed by atoms with E-state index in [0.29, 0.717) is 17.3 Å². The second-order valence-electron chi connectivity index (χ2n) is 5.36. The number of aromatic nitrogens is 4. The van der Waals surface area contributed by atoms with Crippen LogP contribution in [0.5, 0.6) is 0 Å². The fourth-order valence-electron chi connectivity index (χ4n) is 2.26. The number of benzene rings is 1. The second-order valence-corrected chi connectivity index (χ2v) is 5.80. The van der Waals surface area contributed by atoms with E-state index in [9.17, 15) is 9.59 Å². The maximum atomic E-state index is 12.0. The quantitative estimate of drug-likeness (QED) is 0.697. The van der Waals surface area contributed by atoms with E-state index in [0.717, 1.165) is 16.6 Å². The number of rotatable bonds is 5. The maximum Gasteiger partial charge on any atom is 0.331 e. The first-order chi connectivity index (χ1) is 11.5. The Morgan fingerprint density at radius 1 is 1.12 bits per heavy atom. The SMILES string of the molecule is Cn1ccc(=O)n(Cc2nc(CCc3ccc(Cl)cc3)no2)c1=O. The van der Waals surface area contributed by atoms with Gasteiger partial charge in [0.15, 0.2) is 5.82 Å². The minimum Gasteiger partial charge on any atom is -0.337 e. The normalized spacial score (nSPS) is 10.9. The van der Waals surface area contributed by atoms with Gasteiger partial charge in [-0.3, -0.25) is 9.36 Å². The lowest BCUT2D eigenvalue weighted by Gasteiger charge is -2.02. The first-order valence-corrected chi connectivity index (χ1v) is 7.73. The highest BCUT2D eigenvalue weighted by Gasteiger charge is 2.11. The minimum atomic E-state index is -0.427. The van der Waals surface area contributed by atoms with Crippen LogP contribution in [0.4, 0.5) is 0 Å². The Labute approximate surface area is 142 Å². The van der Waals surface area contributed by atoms with Crippen LogP contribution in [0.2, 0.25) is 5.02 Å². The molecule has 0 aliphatic heterocycles. The summed E-state index contributed by atoms with van der Waals surface area (Å²) in [5.41, 5.74) is 0.279. The smallest absolute Gasteiger partial charge is 0.331 e. The molecule has 0 spiro atoms. The molecular weight excluding hydrogens is 332 g/mol. The van der Waals surface area contributed by atoms with Crippen molar-refractivity contribution in [2.45, 2.75) is 19.4 Å². The molecule has 0 fully saturated rings. The van der Waals surface area contributed by atoms with E-state index in [1.807, 2.05) is 24.3 Å². The lowest BCUT2D eigenvalue weighted by Crippen LogP contribution is -2.38. The molecule has 7 nitrogen and oxygen atoms in total. The summed E-state index contributed by atoms with van der Waals surface area (Å²) in [5, 5.41) is 4.58. The van der Waals surface area contributed by atoms with Gasteiger partial charge >= 0.3 is 5.69 Å². The van der Waals surface area contributed by atoms with Crippen molar-refractivity contribution in [1.29, 1.82) is 0 Å². The molecular formula is C16H15ClN4O3. The molecule has 3 rings (SSSR count). The lowest BCUT2D eigenvalue weighted by atomic mass is 10.1. The van der Waals surface area contributed by atoms with Gasteiger partial charge in [0.1, 0.15) is 6.54 Å². The topological polar surface area (TPSA) is 82.9 Å². The third-order valence-corrected chi connectivity index (χ3v) is 3.85. The monoisotopic (exact) mass is 346 g/mol. The summed E-state index contributed by atoms with van der Waals surface area (Å²) in [6, 6.07) is 8.86. The van der Waals surface area contributed by atoms with Crippen molar-refractivity contribution in [1.82, 2.24) is 19.3 Å². The summed E-state index contributed by atoms with van der Waals surface area (Å²) in [7, 11) is 1.57. The van der Waals surface area contributed by atoms with E-state index in [1.54, 1.807) is 7.05 Å². The van der Waals surface area contributed by atoms with Crippen LogP contribution in [0, 0.1) is 0 Å². The van der Waals surface area contributed by atoms with Crippen molar-refractivity contribution in [2.75, 3.05) is 0 Å². The third kappa shape index (κ3) is 3.62. The van der Waals surface area contributed by atoms with E-state index in [1.165, 1.54) is 16.8 Å². The zero-order valence-corrected chi connectivity index (χ0v) is 13.7. The first-order valence-electron chi connectivity index (χ1n) is 7.35. The van der Waals surface area contributed by atoms with Crippen LogP contribution in [0.3, 0.4) is 0 Å². The van der Waals surface area contributed by atoms with E-state index < -0.39 is 11.2 Å². The molecule has 0 aliphatic carbocycles. The first kappa shape index (κ1) is 16.2. The molecule has 0 bridgehead atoms. The van der Waals surface area contributed by atoms with E-state index in [4.69, 9.17) is 16.1 Å². The van der Waals surface area contributed by atoms with Gasteiger partial charge in [0.2, 0.25) is 5.89 Å². The molecule has 8 heteroatoms. The minimum absolute atomic E-state index is 0.0414. The average Bonchev–Trinajstić information content (AvgIpc) is 3.02. The van der Waals surface area contributed by atoms with E-state index >= 15 is 0 Å². The molecule has 2 heterocycles. The van der Waals surface area contributed by atoms with Crippen LogP contribution in [-0.2, 0) is 26.4 Å². The molecule has 24 heavy (non-hydrogen) atoms. The molecule has 0 amide bonds. The molecule has 0 aliphatic rings. The van der Waals surface area contributed by atoms with Gasteiger partial charge in [0.25, 0.3) is 5.56 Å². The molecule has 0 saturated carbocycles. The number of halogens is 1. The predicted molar refractivity (Wildman–Crippen MR) is 88.2 cm³/mol. The van der Waals surface area contributed by atoms with Gasteiger partial charge in [-0.25, -0.2) is 4.79 Å². The van der Waals surface area contributed by atoms with Crippen molar-refractivity contribution >= 4 is 11.6 Å². The van der Waals surface area contributed by atoms with Crippen LogP contribution in [0.1, 0.15) is 17.3 Å². The summed E-state index contributed by atoms with van der Waals surface area (Å²) < 4.78 is 7.51. The number of aryl methyl sites for hydroxylation is 3. The van der Waals surface area contributed by atoms with Gasteiger partial charge in [-0.1, -0.05) is 28.9 Å². The summed E-state index contributed by atoms with van der Waals surface area (Å²) in [4.78, 5) is 28.0. The summed E-state index contributed by atoms with van der Waals surface area (Å²) in [5.74, 6) is 0.757. The molecule has 2 aromatic heterocycles. The number of hydrogen-bond acceptors (Lipinski definition) is 5. The summed E-state index contributed by atoms with van der Waals surface area (Å²) >= 11 is 5.85. The Kier molecular flexibility index (Phi) is 4.61. The average molecular weight is 347 g/mol. The van der Waals surface area contributed by atoms with Crippen LogP contribution in [0.15, 0.2) is 50.6 Å². The Bertz CT molecular complexity index is 956. The fourth-order valence-corrected chi connectivity index (χ4v) is 2.38. The van der Waals surface area contributed by atoms with Crippen LogP contribution in [0.25, 0.3) is 0 Å². The second kappa shape index (κ2) is 6.84. The molecule has 0 unspecified atom stereocenters. The number of nitrogens with zero attached hydrogens (tertiary/aromatic N) is 4. The summed E-state index contributed by atoms with van der Waals surface area (Å²) in [6.45, 7) is -0.0414. The van der Waals surface area contributed by atoms with Crippen molar-refractivity contribution in [2.24, 2.45) is 7.05 Å². The van der Waals surface area contributed by atoms with Gasteiger partial charge in [-0.05, 0) is 24.1 Å². The van der Waals surface area contributed by atoms with Crippen molar-refractivity contribution in [3.05, 3.63) is 79.7 Å². The zero-order chi connectivity index (χ0) is 17.1. The van der Waals surface area contributed by atoms with Crippen LogP contribution < -0.4 is 11.2 Å². The zero-order valence-electron chi connectivity index (χ0n) is 13.0. The molecule has 124 valence electrons. The fraction of sp³-hybridized carbons (Fsp3) is 0.250. The predicted octanol–water partition coefficient (Wildman–Crippen LogP) is 1.42. The van der Waals surface area contributed by atoms with Crippen LogP contribution >= 0.6 is 11.6 Å². The Hall–Kier alpha value is -2.67.